The molecule has 2 aliphatic rings. The van der Waals surface area contributed by atoms with Crippen molar-refractivity contribution in [3.63, 3.8) is 0 Å². The number of amides is 3. The largest absolute Gasteiger partial charge is 0.356 e. The van der Waals surface area contributed by atoms with Crippen molar-refractivity contribution in [1.82, 2.24) is 20.2 Å². The van der Waals surface area contributed by atoms with Crippen LogP contribution in [0.15, 0.2) is 0 Å². The molecule has 9 heteroatoms. The van der Waals surface area contributed by atoms with E-state index in [1.54, 1.807) is 0 Å². The van der Waals surface area contributed by atoms with Gasteiger partial charge in [-0.05, 0) is 54.6 Å². The summed E-state index contributed by atoms with van der Waals surface area (Å²) in [5.74, 6) is -1.60. The summed E-state index contributed by atoms with van der Waals surface area (Å²) >= 11 is 0. The lowest BCUT2D eigenvalue weighted by Gasteiger charge is -2.52. The summed E-state index contributed by atoms with van der Waals surface area (Å²) in [6, 6.07) is 0.413. The maximum Gasteiger partial charge on any atom is 0.333 e. The molecule has 3 unspecified atom stereocenters. The Morgan fingerprint density at radius 2 is 1.81 bits per heavy atom. The van der Waals surface area contributed by atoms with Gasteiger partial charge in [0.25, 0.3) is 11.8 Å². The summed E-state index contributed by atoms with van der Waals surface area (Å²) in [6.07, 6.45) is 2.22. The third kappa shape index (κ3) is 6.04. The standard InChI is InChI=1S/C22H38N4O5/c1-15-14-24(5)20(16(2)25(15)6)22(3,4)21(30)23-13-9-7-8-10-19(29)31-26-17(27)11-12-18(26)28/h15-16,20H,7-14H2,1-6H3,(H,23,30)/i5D. The molecule has 1 N–H and O–H groups in total. The Morgan fingerprint density at radius 1 is 1.16 bits per heavy atom. The fraction of sp³-hybridized carbons (Fsp3) is 0.818. The number of hydroxylamine groups is 2. The highest BCUT2D eigenvalue weighted by molar-refractivity contribution is 6.01. The summed E-state index contributed by atoms with van der Waals surface area (Å²) in [5.41, 5.74) is -0.659. The molecule has 2 heterocycles. The van der Waals surface area contributed by atoms with Crippen molar-refractivity contribution < 1.29 is 25.4 Å². The quantitative estimate of drug-likeness (QED) is 0.427. The minimum atomic E-state index is -0.659. The average molecular weight is 440 g/mol. The predicted molar refractivity (Wildman–Crippen MR) is 116 cm³/mol. The highest BCUT2D eigenvalue weighted by Crippen LogP contribution is 2.33. The highest BCUT2D eigenvalue weighted by atomic mass is 16.7. The number of carbonyl (C=O) groups excluding carboxylic acids is 4. The van der Waals surface area contributed by atoms with Crippen molar-refractivity contribution in [2.45, 2.75) is 84.3 Å². The topological polar surface area (TPSA) is 99.3 Å². The van der Waals surface area contributed by atoms with Crippen LogP contribution in [0.4, 0.5) is 0 Å². The maximum atomic E-state index is 13.0. The van der Waals surface area contributed by atoms with Gasteiger partial charge in [-0.2, -0.15) is 0 Å². The van der Waals surface area contributed by atoms with E-state index in [2.05, 4.69) is 36.0 Å². The molecule has 0 aliphatic carbocycles. The molecule has 2 fully saturated rings. The van der Waals surface area contributed by atoms with Gasteiger partial charge in [0, 0.05) is 51.8 Å². The number of piperazine rings is 1. The second-order valence-electron chi connectivity index (χ2n) is 9.30. The number of imide groups is 1. The van der Waals surface area contributed by atoms with Gasteiger partial charge in [0.2, 0.25) is 5.91 Å². The van der Waals surface area contributed by atoms with E-state index in [1.807, 2.05) is 13.8 Å². The van der Waals surface area contributed by atoms with Gasteiger partial charge in [0.15, 0.2) is 0 Å². The molecule has 31 heavy (non-hydrogen) atoms. The monoisotopic (exact) mass is 439 g/mol. The van der Waals surface area contributed by atoms with Crippen LogP contribution < -0.4 is 5.32 Å². The van der Waals surface area contributed by atoms with Crippen molar-refractivity contribution in [1.29, 1.82) is 0 Å². The predicted octanol–water partition coefficient (Wildman–Crippen LogP) is 1.32. The molecule has 3 atom stereocenters. The fourth-order valence-corrected chi connectivity index (χ4v) is 4.51. The molecule has 0 saturated carbocycles. The number of nitrogens with one attached hydrogen (secondary N) is 1. The lowest BCUT2D eigenvalue weighted by Crippen LogP contribution is -2.66. The maximum absolute atomic E-state index is 13.0. The molecule has 0 radical (unpaired) electrons. The van der Waals surface area contributed by atoms with Crippen LogP contribution in [0.3, 0.4) is 0 Å². The molecule has 176 valence electrons. The van der Waals surface area contributed by atoms with Crippen LogP contribution in [-0.4, -0.2) is 83.8 Å². The van der Waals surface area contributed by atoms with Crippen molar-refractivity contribution in [2.24, 2.45) is 5.41 Å². The van der Waals surface area contributed by atoms with Gasteiger partial charge in [-0.3, -0.25) is 24.2 Å². The normalized spacial score (nSPS) is 26.2. The lowest BCUT2D eigenvalue weighted by atomic mass is 9.77. The zero-order chi connectivity index (χ0) is 24.1. The Morgan fingerprint density at radius 3 is 2.42 bits per heavy atom. The van der Waals surface area contributed by atoms with E-state index in [0.717, 1.165) is 6.54 Å². The van der Waals surface area contributed by atoms with Gasteiger partial charge in [-0.1, -0.05) is 6.42 Å². The minimum Gasteiger partial charge on any atom is -0.356 e. The van der Waals surface area contributed by atoms with Crippen LogP contribution in [0.2, 0.25) is 0 Å². The molecule has 2 rings (SSSR count). The van der Waals surface area contributed by atoms with Crippen LogP contribution in [0.1, 0.15) is 67.6 Å². The Balaban J connectivity index is 1.73. The first-order chi connectivity index (χ1) is 15.0. The van der Waals surface area contributed by atoms with Gasteiger partial charge in [-0.15, -0.1) is 5.06 Å². The van der Waals surface area contributed by atoms with Gasteiger partial charge in [0.1, 0.15) is 0 Å². The summed E-state index contributed by atoms with van der Waals surface area (Å²) in [6.45, 7) is 9.38. The van der Waals surface area contributed by atoms with Crippen molar-refractivity contribution in [2.75, 3.05) is 27.2 Å². The summed E-state index contributed by atoms with van der Waals surface area (Å²) in [4.78, 5) is 56.9. The summed E-state index contributed by atoms with van der Waals surface area (Å²) in [5, 5.41) is 3.58. The zero-order valence-electron chi connectivity index (χ0n) is 20.5. The molecule has 0 aromatic rings. The van der Waals surface area contributed by atoms with E-state index in [-0.39, 0.29) is 44.3 Å². The van der Waals surface area contributed by atoms with Gasteiger partial charge < -0.3 is 10.2 Å². The van der Waals surface area contributed by atoms with Gasteiger partial charge in [0.05, 0.1) is 5.41 Å². The van der Waals surface area contributed by atoms with Gasteiger partial charge in [-0.25, -0.2) is 4.79 Å². The number of carbonyl (C=O) groups is 4. The van der Waals surface area contributed by atoms with E-state index in [0.29, 0.717) is 36.9 Å². The number of nitrogens with zero attached hydrogens (tertiary/aromatic N) is 3. The second kappa shape index (κ2) is 10.5. The first-order valence-corrected chi connectivity index (χ1v) is 11.1. The summed E-state index contributed by atoms with van der Waals surface area (Å²) in [7, 11) is 2.23. The van der Waals surface area contributed by atoms with Crippen LogP contribution in [-0.2, 0) is 24.0 Å². The molecule has 2 saturated heterocycles. The Kier molecular flexibility index (Phi) is 8.05. The molecular formula is C22H38N4O5. The molecule has 0 aromatic carbocycles. The first kappa shape index (κ1) is 23.7. The van der Waals surface area contributed by atoms with E-state index >= 15 is 0 Å². The van der Waals surface area contributed by atoms with Crippen molar-refractivity contribution in [3.8, 4) is 0 Å². The molecule has 0 spiro atoms. The zero-order valence-corrected chi connectivity index (χ0v) is 19.5. The third-order valence-electron chi connectivity index (χ3n) is 6.55. The lowest BCUT2D eigenvalue weighted by molar-refractivity contribution is -0.197. The average Bonchev–Trinajstić information content (AvgIpc) is 3.05. The number of hydrogen-bond acceptors (Lipinski definition) is 7. The summed E-state index contributed by atoms with van der Waals surface area (Å²) < 4.78 is 7.93. The minimum absolute atomic E-state index is 0.0405. The molecule has 9 nitrogen and oxygen atoms in total. The molecule has 2 aliphatic heterocycles. The smallest absolute Gasteiger partial charge is 0.333 e. The molecular weight excluding hydrogens is 400 g/mol. The van der Waals surface area contributed by atoms with E-state index in [1.165, 1.54) is 0 Å². The highest BCUT2D eigenvalue weighted by Gasteiger charge is 2.46. The third-order valence-corrected chi connectivity index (χ3v) is 6.55. The Labute approximate surface area is 186 Å². The molecule has 3 amide bonds. The van der Waals surface area contributed by atoms with Crippen molar-refractivity contribution >= 4 is 23.7 Å². The molecule has 0 aromatic heterocycles. The number of rotatable bonds is 9. The number of unbranched alkanes of at least 4 members (excludes halogenated alkanes) is 2. The number of hydrogen-bond donors (Lipinski definition) is 1. The SMILES string of the molecule is [2H]CN1CC(C)N(C)C(C)C1C(C)(C)C(=O)NCCCCCC(=O)ON1C(=O)CCC1=O. The first-order valence-electron chi connectivity index (χ1n) is 11.8. The Bertz CT molecular complexity index is 698. The van der Waals surface area contributed by atoms with Crippen LogP contribution in [0, 0.1) is 5.41 Å². The Hall–Kier alpha value is -2.00. The van der Waals surface area contributed by atoms with Crippen molar-refractivity contribution in [3.05, 3.63) is 0 Å². The van der Waals surface area contributed by atoms with Gasteiger partial charge >= 0.3 is 5.97 Å². The van der Waals surface area contributed by atoms with Crippen LogP contribution >= 0.6 is 0 Å². The van der Waals surface area contributed by atoms with E-state index in [4.69, 9.17) is 6.21 Å². The van der Waals surface area contributed by atoms with E-state index < -0.39 is 23.2 Å². The number of likely N-dealkylation sites (N-methyl/N-ethyl adjacent to an activating group) is 2. The van der Waals surface area contributed by atoms with E-state index in [9.17, 15) is 19.2 Å². The fourth-order valence-electron chi connectivity index (χ4n) is 4.51. The van der Waals surface area contributed by atoms with Crippen LogP contribution in [0.5, 0.6) is 0 Å². The second-order valence-corrected chi connectivity index (χ2v) is 9.30. The van der Waals surface area contributed by atoms with Crippen LogP contribution in [0.25, 0.3) is 0 Å². The molecule has 0 bridgehead atoms.